The number of esters is 1. The largest absolute Gasteiger partial charge is 0.464 e. The lowest BCUT2D eigenvalue weighted by molar-refractivity contribution is 0.0595. The van der Waals surface area contributed by atoms with Crippen LogP contribution in [0.5, 0.6) is 0 Å². The lowest BCUT2D eigenvalue weighted by Gasteiger charge is -2.28. The number of nitrogens with zero attached hydrogens (tertiary/aromatic N) is 3. The minimum absolute atomic E-state index is 0.259. The molecule has 18 heavy (non-hydrogen) atoms. The highest BCUT2D eigenvalue weighted by Gasteiger charge is 2.34. The molecule has 0 aliphatic carbocycles. The molecule has 3 rings (SSSR count). The van der Waals surface area contributed by atoms with Crippen molar-refractivity contribution in [2.45, 2.75) is 18.9 Å². The molecule has 2 aliphatic rings. The van der Waals surface area contributed by atoms with Gasteiger partial charge in [0.25, 0.3) is 0 Å². The van der Waals surface area contributed by atoms with Crippen molar-refractivity contribution in [3.8, 4) is 0 Å². The third-order valence-corrected chi connectivity index (χ3v) is 3.63. The molecule has 2 unspecified atom stereocenters. The van der Waals surface area contributed by atoms with Crippen LogP contribution in [0.2, 0.25) is 0 Å². The smallest absolute Gasteiger partial charge is 0.362 e. The number of fused-ring (bicyclic) bond motifs is 1. The number of nitrogens with one attached hydrogen (secondary N) is 1. The predicted molar refractivity (Wildman–Crippen MR) is 62.4 cm³/mol. The second-order valence-electron chi connectivity index (χ2n) is 4.63. The third kappa shape index (κ3) is 1.74. The summed E-state index contributed by atoms with van der Waals surface area (Å²) in [4.78, 5) is 11.6. The van der Waals surface area contributed by atoms with Crippen molar-refractivity contribution >= 4 is 11.8 Å². The summed E-state index contributed by atoms with van der Waals surface area (Å²) in [6, 6.07) is 0.259. The summed E-state index contributed by atoms with van der Waals surface area (Å²) in [7, 11) is 1.35. The van der Waals surface area contributed by atoms with Gasteiger partial charge < -0.3 is 14.8 Å². The zero-order chi connectivity index (χ0) is 12.5. The van der Waals surface area contributed by atoms with Crippen LogP contribution in [0.4, 0.5) is 5.82 Å². The Hall–Kier alpha value is -1.63. The molecule has 2 aliphatic heterocycles. The Morgan fingerprint density at radius 1 is 1.56 bits per heavy atom. The molecule has 0 bridgehead atoms. The van der Waals surface area contributed by atoms with Crippen molar-refractivity contribution in [2.75, 3.05) is 32.2 Å². The van der Waals surface area contributed by atoms with Gasteiger partial charge in [0.1, 0.15) is 0 Å². The molecular weight excluding hydrogens is 236 g/mol. The fourth-order valence-corrected chi connectivity index (χ4v) is 2.68. The zero-order valence-corrected chi connectivity index (χ0v) is 10.3. The molecule has 0 saturated carbocycles. The minimum atomic E-state index is -0.452. The fraction of sp³-hybridized carbons (Fsp3) is 0.727. The van der Waals surface area contributed by atoms with Crippen LogP contribution in [0.1, 0.15) is 29.4 Å². The Morgan fingerprint density at radius 2 is 2.44 bits per heavy atom. The molecule has 7 nitrogen and oxygen atoms in total. The molecular formula is C11H16N4O3. The Kier molecular flexibility index (Phi) is 2.91. The van der Waals surface area contributed by atoms with Crippen molar-refractivity contribution in [1.82, 2.24) is 15.0 Å². The molecule has 1 fully saturated rings. The first-order valence-electron chi connectivity index (χ1n) is 6.16. The van der Waals surface area contributed by atoms with E-state index < -0.39 is 5.97 Å². The van der Waals surface area contributed by atoms with E-state index in [0.717, 1.165) is 32.6 Å². The van der Waals surface area contributed by atoms with E-state index in [1.807, 2.05) is 4.68 Å². The lowest BCUT2D eigenvalue weighted by atomic mass is 9.95. The average molecular weight is 252 g/mol. The molecule has 1 aromatic heterocycles. The Morgan fingerprint density at radius 3 is 3.17 bits per heavy atom. The summed E-state index contributed by atoms with van der Waals surface area (Å²) >= 11 is 0. The summed E-state index contributed by atoms with van der Waals surface area (Å²) in [6.45, 7) is 2.39. The van der Waals surface area contributed by atoms with Gasteiger partial charge in [0.15, 0.2) is 5.82 Å². The number of carbonyl (C=O) groups excluding carboxylic acids is 1. The minimum Gasteiger partial charge on any atom is -0.464 e. The van der Waals surface area contributed by atoms with Crippen molar-refractivity contribution in [3.63, 3.8) is 0 Å². The van der Waals surface area contributed by atoms with Gasteiger partial charge in [0, 0.05) is 19.1 Å². The zero-order valence-electron chi connectivity index (χ0n) is 10.3. The van der Waals surface area contributed by atoms with Gasteiger partial charge in [0.05, 0.1) is 19.8 Å². The van der Waals surface area contributed by atoms with Crippen molar-refractivity contribution in [1.29, 1.82) is 0 Å². The number of aromatic nitrogens is 3. The number of methoxy groups -OCH3 is 1. The van der Waals surface area contributed by atoms with Gasteiger partial charge >= 0.3 is 5.97 Å². The van der Waals surface area contributed by atoms with Crippen molar-refractivity contribution in [2.24, 2.45) is 5.92 Å². The van der Waals surface area contributed by atoms with Gasteiger partial charge in [-0.25, -0.2) is 9.48 Å². The van der Waals surface area contributed by atoms with Gasteiger partial charge in [-0.3, -0.25) is 0 Å². The van der Waals surface area contributed by atoms with Crippen LogP contribution in [0.3, 0.4) is 0 Å². The van der Waals surface area contributed by atoms with Gasteiger partial charge in [0.2, 0.25) is 5.69 Å². The first-order chi connectivity index (χ1) is 8.81. The number of carbonyl (C=O) groups is 1. The molecule has 7 heteroatoms. The second kappa shape index (κ2) is 4.56. The monoisotopic (exact) mass is 252 g/mol. The van der Waals surface area contributed by atoms with Crippen molar-refractivity contribution < 1.29 is 14.3 Å². The SMILES string of the molecule is COC(=O)c1nnn2c1NCCC2C1CCOC1. The summed E-state index contributed by atoms with van der Waals surface area (Å²) in [5, 5.41) is 11.2. The summed E-state index contributed by atoms with van der Waals surface area (Å²) in [5.41, 5.74) is 0.265. The maximum Gasteiger partial charge on any atom is 0.362 e. The van der Waals surface area contributed by atoms with Crippen LogP contribution in [0, 0.1) is 5.92 Å². The van der Waals surface area contributed by atoms with Gasteiger partial charge in [-0.05, 0) is 12.8 Å². The van der Waals surface area contributed by atoms with Gasteiger partial charge in [-0.15, -0.1) is 5.10 Å². The standard InChI is InChI=1S/C11H16N4O3/c1-17-11(16)9-10-12-4-2-8(15(10)14-13-9)7-3-5-18-6-7/h7-8,12H,2-6H2,1H3. The Labute approximate surface area is 104 Å². The predicted octanol–water partition coefficient (Wildman–Crippen LogP) is 0.458. The Bertz CT molecular complexity index is 453. The highest BCUT2D eigenvalue weighted by Crippen LogP contribution is 2.34. The molecule has 3 heterocycles. The lowest BCUT2D eigenvalue weighted by Crippen LogP contribution is -2.30. The van der Waals surface area contributed by atoms with Crippen LogP contribution >= 0.6 is 0 Å². The van der Waals surface area contributed by atoms with E-state index in [1.54, 1.807) is 0 Å². The van der Waals surface area contributed by atoms with Gasteiger partial charge in [-0.1, -0.05) is 5.21 Å². The molecule has 98 valence electrons. The van der Waals surface area contributed by atoms with E-state index >= 15 is 0 Å². The van der Waals surface area contributed by atoms with Crippen LogP contribution in [-0.4, -0.2) is 47.8 Å². The van der Waals surface area contributed by atoms with Crippen LogP contribution < -0.4 is 5.32 Å². The molecule has 1 saturated heterocycles. The molecule has 0 aromatic carbocycles. The van der Waals surface area contributed by atoms with Crippen LogP contribution in [0.25, 0.3) is 0 Å². The molecule has 0 amide bonds. The summed E-state index contributed by atoms with van der Waals surface area (Å²) < 4.78 is 11.9. The van der Waals surface area contributed by atoms with Crippen LogP contribution in [-0.2, 0) is 9.47 Å². The molecule has 1 N–H and O–H groups in total. The van der Waals surface area contributed by atoms with E-state index in [1.165, 1.54) is 7.11 Å². The topological polar surface area (TPSA) is 78.3 Å². The average Bonchev–Trinajstić information content (AvgIpc) is 3.06. The first-order valence-corrected chi connectivity index (χ1v) is 6.16. The number of rotatable bonds is 2. The molecule has 0 radical (unpaired) electrons. The highest BCUT2D eigenvalue weighted by molar-refractivity contribution is 5.92. The summed E-state index contributed by atoms with van der Waals surface area (Å²) in [6.07, 6.45) is 2.02. The summed E-state index contributed by atoms with van der Waals surface area (Å²) in [5.74, 6) is 0.676. The second-order valence-corrected chi connectivity index (χ2v) is 4.63. The van der Waals surface area contributed by atoms with Crippen molar-refractivity contribution in [3.05, 3.63) is 5.69 Å². The molecule has 0 spiro atoms. The quantitative estimate of drug-likeness (QED) is 0.770. The molecule has 2 atom stereocenters. The number of anilines is 1. The van der Waals surface area contributed by atoms with E-state index in [2.05, 4.69) is 15.6 Å². The first kappa shape index (κ1) is 11.5. The maximum absolute atomic E-state index is 11.6. The fourth-order valence-electron chi connectivity index (χ4n) is 2.68. The van der Waals surface area contributed by atoms with Crippen LogP contribution in [0.15, 0.2) is 0 Å². The van der Waals surface area contributed by atoms with E-state index in [-0.39, 0.29) is 11.7 Å². The normalized spacial score (nSPS) is 26.5. The highest BCUT2D eigenvalue weighted by atomic mass is 16.5. The van der Waals surface area contributed by atoms with Gasteiger partial charge in [-0.2, -0.15) is 0 Å². The Balaban J connectivity index is 1.91. The van der Waals surface area contributed by atoms with E-state index in [4.69, 9.17) is 9.47 Å². The third-order valence-electron chi connectivity index (χ3n) is 3.63. The molecule has 1 aromatic rings. The van der Waals surface area contributed by atoms with E-state index in [0.29, 0.717) is 11.7 Å². The number of hydrogen-bond donors (Lipinski definition) is 1. The maximum atomic E-state index is 11.6. The number of hydrogen-bond acceptors (Lipinski definition) is 6. The van der Waals surface area contributed by atoms with E-state index in [9.17, 15) is 4.79 Å². The number of ether oxygens (including phenoxy) is 2.